The first kappa shape index (κ1) is 13.4. The largest absolute Gasteiger partial charge is 0.496 e. The molecule has 0 spiro atoms. The number of rotatable bonds is 3. The highest BCUT2D eigenvalue weighted by Crippen LogP contribution is 2.30. The second-order valence-electron chi connectivity index (χ2n) is 4.01. The molecule has 100 valence electrons. The molecule has 0 aromatic heterocycles. The van der Waals surface area contributed by atoms with Crippen molar-refractivity contribution in [1.29, 1.82) is 0 Å². The zero-order valence-electron chi connectivity index (χ0n) is 10.2. The summed E-state index contributed by atoms with van der Waals surface area (Å²) in [6.45, 7) is 0. The Morgan fingerprint density at radius 3 is 2.47 bits per heavy atom. The second kappa shape index (κ2) is 5.32. The van der Waals surface area contributed by atoms with Crippen molar-refractivity contribution in [2.45, 2.75) is 6.04 Å². The maximum Gasteiger partial charge on any atom is 0.163 e. The van der Waals surface area contributed by atoms with E-state index in [-0.39, 0.29) is 11.1 Å². The average molecular weight is 267 g/mol. The highest BCUT2D eigenvalue weighted by Gasteiger charge is 2.20. The molecule has 0 aliphatic carbocycles. The summed E-state index contributed by atoms with van der Waals surface area (Å²) >= 11 is 0. The standard InChI is InChI=1S/C14H12F3NO/c1-19-12-6-5-8(15)7-10(12)14(18)9-3-2-4-11(16)13(9)17/h2-7,14H,18H2,1H3. The molecule has 0 amide bonds. The predicted octanol–water partition coefficient (Wildman–Crippen LogP) is 3.16. The third kappa shape index (κ3) is 2.56. The summed E-state index contributed by atoms with van der Waals surface area (Å²) < 4.78 is 45.2. The summed E-state index contributed by atoms with van der Waals surface area (Å²) in [7, 11) is 1.39. The Labute approximate surface area is 108 Å². The summed E-state index contributed by atoms with van der Waals surface area (Å²) in [5, 5.41) is 0. The van der Waals surface area contributed by atoms with Crippen LogP contribution in [0.25, 0.3) is 0 Å². The van der Waals surface area contributed by atoms with Gasteiger partial charge in [-0.15, -0.1) is 0 Å². The van der Waals surface area contributed by atoms with E-state index in [1.165, 1.54) is 31.4 Å². The molecule has 0 radical (unpaired) electrons. The van der Waals surface area contributed by atoms with Gasteiger partial charge in [-0.3, -0.25) is 0 Å². The molecule has 0 saturated heterocycles. The van der Waals surface area contributed by atoms with Crippen molar-refractivity contribution < 1.29 is 17.9 Å². The molecule has 0 aliphatic rings. The highest BCUT2D eigenvalue weighted by atomic mass is 19.2. The fourth-order valence-electron chi connectivity index (χ4n) is 1.88. The topological polar surface area (TPSA) is 35.2 Å². The lowest BCUT2D eigenvalue weighted by Crippen LogP contribution is -2.15. The molecule has 2 rings (SSSR count). The summed E-state index contributed by atoms with van der Waals surface area (Å²) in [6, 6.07) is 6.43. The first-order valence-electron chi connectivity index (χ1n) is 5.57. The minimum absolute atomic E-state index is 0.0519. The summed E-state index contributed by atoms with van der Waals surface area (Å²) in [4.78, 5) is 0. The third-order valence-electron chi connectivity index (χ3n) is 2.84. The molecule has 2 N–H and O–H groups in total. The number of benzene rings is 2. The Bertz CT molecular complexity index is 601. The highest BCUT2D eigenvalue weighted by molar-refractivity contribution is 5.42. The Balaban J connectivity index is 2.52. The van der Waals surface area contributed by atoms with Gasteiger partial charge < -0.3 is 10.5 Å². The fraction of sp³-hybridized carbons (Fsp3) is 0.143. The van der Waals surface area contributed by atoms with E-state index < -0.39 is 23.5 Å². The van der Waals surface area contributed by atoms with Gasteiger partial charge in [0, 0.05) is 11.1 Å². The molecule has 0 aliphatic heterocycles. The quantitative estimate of drug-likeness (QED) is 0.927. The van der Waals surface area contributed by atoms with Gasteiger partial charge in [-0.25, -0.2) is 13.2 Å². The van der Waals surface area contributed by atoms with Crippen LogP contribution < -0.4 is 10.5 Å². The van der Waals surface area contributed by atoms with Crippen LogP contribution >= 0.6 is 0 Å². The zero-order chi connectivity index (χ0) is 14.0. The van der Waals surface area contributed by atoms with Crippen LogP contribution in [0.15, 0.2) is 36.4 Å². The van der Waals surface area contributed by atoms with Crippen molar-refractivity contribution >= 4 is 0 Å². The molecule has 1 unspecified atom stereocenters. The molecule has 0 heterocycles. The van der Waals surface area contributed by atoms with Crippen molar-refractivity contribution in [2.24, 2.45) is 5.73 Å². The van der Waals surface area contributed by atoms with Crippen LogP contribution in [-0.4, -0.2) is 7.11 Å². The molecule has 0 saturated carbocycles. The molecule has 5 heteroatoms. The van der Waals surface area contributed by atoms with Crippen molar-refractivity contribution in [3.63, 3.8) is 0 Å². The average Bonchev–Trinajstić information content (AvgIpc) is 2.41. The Morgan fingerprint density at radius 1 is 1.05 bits per heavy atom. The van der Waals surface area contributed by atoms with E-state index >= 15 is 0 Å². The van der Waals surface area contributed by atoms with E-state index in [0.29, 0.717) is 5.75 Å². The lowest BCUT2D eigenvalue weighted by atomic mass is 9.98. The zero-order valence-corrected chi connectivity index (χ0v) is 10.2. The molecule has 2 aromatic carbocycles. The number of ether oxygens (including phenoxy) is 1. The predicted molar refractivity (Wildman–Crippen MR) is 65.3 cm³/mol. The van der Waals surface area contributed by atoms with Gasteiger partial charge in [0.05, 0.1) is 13.2 Å². The van der Waals surface area contributed by atoms with Gasteiger partial charge in [0.15, 0.2) is 11.6 Å². The van der Waals surface area contributed by atoms with E-state index in [4.69, 9.17) is 10.5 Å². The summed E-state index contributed by atoms with van der Waals surface area (Å²) in [5.74, 6) is -2.25. The van der Waals surface area contributed by atoms with E-state index in [9.17, 15) is 13.2 Å². The first-order valence-corrected chi connectivity index (χ1v) is 5.57. The lowest BCUT2D eigenvalue weighted by Gasteiger charge is -2.17. The third-order valence-corrected chi connectivity index (χ3v) is 2.84. The number of hydrogen-bond acceptors (Lipinski definition) is 2. The maximum atomic E-state index is 13.7. The molecular weight excluding hydrogens is 255 g/mol. The lowest BCUT2D eigenvalue weighted by molar-refractivity contribution is 0.405. The van der Waals surface area contributed by atoms with Crippen molar-refractivity contribution in [2.75, 3.05) is 7.11 Å². The van der Waals surface area contributed by atoms with Crippen LogP contribution in [0.4, 0.5) is 13.2 Å². The van der Waals surface area contributed by atoms with Crippen molar-refractivity contribution in [1.82, 2.24) is 0 Å². The van der Waals surface area contributed by atoms with Crippen molar-refractivity contribution in [3.05, 3.63) is 65.0 Å². The smallest absolute Gasteiger partial charge is 0.163 e. The minimum atomic E-state index is -1.04. The van der Waals surface area contributed by atoms with Gasteiger partial charge in [0.25, 0.3) is 0 Å². The van der Waals surface area contributed by atoms with Gasteiger partial charge in [0.2, 0.25) is 0 Å². The first-order chi connectivity index (χ1) is 9.04. The van der Waals surface area contributed by atoms with Crippen molar-refractivity contribution in [3.8, 4) is 5.75 Å². The van der Waals surface area contributed by atoms with Gasteiger partial charge in [-0.05, 0) is 24.3 Å². The normalized spacial score (nSPS) is 12.3. The van der Waals surface area contributed by atoms with Gasteiger partial charge >= 0.3 is 0 Å². The van der Waals surface area contributed by atoms with E-state index in [2.05, 4.69) is 0 Å². The Kier molecular flexibility index (Phi) is 3.76. The molecule has 1 atom stereocenters. The van der Waals surface area contributed by atoms with Crippen LogP contribution in [0.1, 0.15) is 17.2 Å². The second-order valence-corrected chi connectivity index (χ2v) is 4.01. The minimum Gasteiger partial charge on any atom is -0.496 e. The van der Waals surface area contributed by atoms with E-state index in [0.717, 1.165) is 12.1 Å². The summed E-state index contributed by atoms with van der Waals surface area (Å²) in [5.41, 5.74) is 6.08. The van der Waals surface area contributed by atoms with Crippen LogP contribution in [0.5, 0.6) is 5.75 Å². The monoisotopic (exact) mass is 267 g/mol. The number of nitrogens with two attached hydrogens (primary N) is 1. The van der Waals surface area contributed by atoms with Crippen LogP contribution in [0.3, 0.4) is 0 Å². The molecular formula is C14H12F3NO. The van der Waals surface area contributed by atoms with E-state index in [1.54, 1.807) is 0 Å². The Morgan fingerprint density at radius 2 is 1.79 bits per heavy atom. The fourth-order valence-corrected chi connectivity index (χ4v) is 1.88. The van der Waals surface area contributed by atoms with E-state index in [1.807, 2.05) is 0 Å². The number of halogens is 3. The molecule has 2 aromatic rings. The van der Waals surface area contributed by atoms with Gasteiger partial charge in [0.1, 0.15) is 11.6 Å². The maximum absolute atomic E-state index is 13.7. The van der Waals surface area contributed by atoms with Crippen LogP contribution in [0, 0.1) is 17.5 Å². The summed E-state index contributed by atoms with van der Waals surface area (Å²) in [6.07, 6.45) is 0. The molecule has 0 fully saturated rings. The Hall–Kier alpha value is -2.01. The van der Waals surface area contributed by atoms with Gasteiger partial charge in [-0.1, -0.05) is 12.1 Å². The number of methoxy groups -OCH3 is 1. The SMILES string of the molecule is COc1ccc(F)cc1C(N)c1cccc(F)c1F. The molecule has 0 bridgehead atoms. The number of hydrogen-bond donors (Lipinski definition) is 1. The van der Waals surface area contributed by atoms with Gasteiger partial charge in [-0.2, -0.15) is 0 Å². The molecule has 19 heavy (non-hydrogen) atoms. The van der Waals surface area contributed by atoms with Crippen LogP contribution in [-0.2, 0) is 0 Å². The van der Waals surface area contributed by atoms with Crippen LogP contribution in [0.2, 0.25) is 0 Å². The molecule has 2 nitrogen and oxygen atoms in total.